The van der Waals surface area contributed by atoms with Gasteiger partial charge in [0.05, 0.1) is 7.11 Å². The highest BCUT2D eigenvalue weighted by atomic mass is 35.5. The molecule has 2 fully saturated rings. The van der Waals surface area contributed by atoms with Crippen LogP contribution < -0.4 is 10.1 Å². The average molecular weight is 360 g/mol. The van der Waals surface area contributed by atoms with Crippen molar-refractivity contribution >= 4 is 12.4 Å². The van der Waals surface area contributed by atoms with Crippen LogP contribution in [0.4, 0.5) is 0 Å². The Morgan fingerprint density at radius 2 is 2.00 bits per heavy atom. The van der Waals surface area contributed by atoms with Crippen molar-refractivity contribution in [3.63, 3.8) is 0 Å². The molecule has 0 aliphatic carbocycles. The van der Waals surface area contributed by atoms with Crippen molar-refractivity contribution in [2.45, 2.75) is 19.4 Å². The van der Waals surface area contributed by atoms with Gasteiger partial charge in [-0.1, -0.05) is 6.07 Å². The lowest BCUT2D eigenvalue weighted by atomic mass is 9.86. The van der Waals surface area contributed by atoms with Crippen LogP contribution >= 0.6 is 12.4 Å². The number of halogens is 1. The fraction of sp³-hybridized carbons (Fsp3) is 0.450. The second-order valence-electron chi connectivity index (χ2n) is 7.15. The van der Waals surface area contributed by atoms with E-state index in [4.69, 9.17) is 4.74 Å². The summed E-state index contributed by atoms with van der Waals surface area (Å²) in [4.78, 5) is 6.70. The molecule has 0 amide bonds. The van der Waals surface area contributed by atoms with E-state index in [2.05, 4.69) is 45.5 Å². The summed E-state index contributed by atoms with van der Waals surface area (Å²) in [6.07, 6.45) is 6.32. The van der Waals surface area contributed by atoms with Crippen molar-refractivity contribution in [2.24, 2.45) is 5.41 Å². The summed E-state index contributed by atoms with van der Waals surface area (Å²) < 4.78 is 5.61. The third-order valence-electron chi connectivity index (χ3n) is 5.54. The van der Waals surface area contributed by atoms with Gasteiger partial charge in [0.2, 0.25) is 0 Å². The number of rotatable bonds is 4. The van der Waals surface area contributed by atoms with Crippen molar-refractivity contribution in [1.82, 2.24) is 15.2 Å². The first-order valence-electron chi connectivity index (χ1n) is 8.78. The number of nitrogens with zero attached hydrogens (tertiary/aromatic N) is 2. The van der Waals surface area contributed by atoms with Gasteiger partial charge in [-0.15, -0.1) is 12.4 Å². The molecule has 4 nitrogen and oxygen atoms in total. The lowest BCUT2D eigenvalue weighted by Gasteiger charge is -2.23. The number of methoxy groups -OCH3 is 1. The fourth-order valence-electron chi connectivity index (χ4n) is 4.17. The first-order chi connectivity index (χ1) is 11.8. The fourth-order valence-corrected chi connectivity index (χ4v) is 4.17. The number of pyridine rings is 1. The van der Waals surface area contributed by atoms with Gasteiger partial charge in [0.25, 0.3) is 0 Å². The van der Waals surface area contributed by atoms with Crippen LogP contribution in [0.25, 0.3) is 11.1 Å². The highest BCUT2D eigenvalue weighted by Gasteiger charge is 2.40. The average Bonchev–Trinajstić information content (AvgIpc) is 3.25. The van der Waals surface area contributed by atoms with Crippen molar-refractivity contribution in [2.75, 3.05) is 33.3 Å². The lowest BCUT2D eigenvalue weighted by molar-refractivity contribution is 0.265. The Kier molecular flexibility index (Phi) is 5.62. The Bertz CT molecular complexity index is 701. The van der Waals surface area contributed by atoms with Crippen LogP contribution in [-0.2, 0) is 6.54 Å². The Morgan fingerprint density at radius 3 is 2.72 bits per heavy atom. The molecule has 1 unspecified atom stereocenters. The standard InChI is InChI=1S/C20H25N3O.ClH/c1-24-19-3-2-17(16-4-8-21-9-5-16)12-18(19)13-23-11-7-20(15-23)6-10-22-14-20;/h2-5,8-9,12,22H,6-7,10-11,13-15H2,1H3;1H. The third-order valence-corrected chi connectivity index (χ3v) is 5.54. The Balaban J connectivity index is 0.00000182. The second kappa shape index (κ2) is 7.73. The molecule has 25 heavy (non-hydrogen) atoms. The van der Waals surface area contributed by atoms with Crippen LogP contribution in [0.3, 0.4) is 0 Å². The van der Waals surface area contributed by atoms with E-state index in [0.717, 1.165) is 12.3 Å². The Hall–Kier alpha value is -1.62. The van der Waals surface area contributed by atoms with E-state index in [1.54, 1.807) is 7.11 Å². The molecule has 0 bridgehead atoms. The van der Waals surface area contributed by atoms with Gasteiger partial charge in [0.15, 0.2) is 0 Å². The van der Waals surface area contributed by atoms with E-state index >= 15 is 0 Å². The third kappa shape index (κ3) is 3.81. The van der Waals surface area contributed by atoms with Gasteiger partial charge in [0.1, 0.15) is 5.75 Å². The van der Waals surface area contributed by atoms with Gasteiger partial charge < -0.3 is 10.1 Å². The molecule has 4 rings (SSSR count). The molecule has 2 aromatic rings. The lowest BCUT2D eigenvalue weighted by Crippen LogP contribution is -2.29. The van der Waals surface area contributed by atoms with Gasteiger partial charge in [-0.05, 0) is 66.7 Å². The number of nitrogens with one attached hydrogen (secondary N) is 1. The molecule has 134 valence electrons. The first kappa shape index (κ1) is 18.2. The largest absolute Gasteiger partial charge is 0.496 e. The topological polar surface area (TPSA) is 37.4 Å². The van der Waals surface area contributed by atoms with Gasteiger partial charge in [-0.3, -0.25) is 9.88 Å². The zero-order valence-corrected chi connectivity index (χ0v) is 15.5. The number of hydrogen-bond acceptors (Lipinski definition) is 4. The Morgan fingerprint density at radius 1 is 1.16 bits per heavy atom. The van der Waals surface area contributed by atoms with Gasteiger partial charge in [-0.2, -0.15) is 0 Å². The van der Waals surface area contributed by atoms with Crippen LogP contribution in [0.2, 0.25) is 0 Å². The molecule has 2 aliphatic rings. The molecule has 1 N–H and O–H groups in total. The minimum atomic E-state index is 0. The van der Waals surface area contributed by atoms with Crippen molar-refractivity contribution < 1.29 is 4.74 Å². The monoisotopic (exact) mass is 359 g/mol. The quantitative estimate of drug-likeness (QED) is 0.908. The maximum absolute atomic E-state index is 5.61. The predicted molar refractivity (Wildman–Crippen MR) is 103 cm³/mol. The number of aromatic nitrogens is 1. The summed E-state index contributed by atoms with van der Waals surface area (Å²) in [5.74, 6) is 0.985. The van der Waals surface area contributed by atoms with E-state index < -0.39 is 0 Å². The van der Waals surface area contributed by atoms with Gasteiger partial charge in [-0.25, -0.2) is 0 Å². The van der Waals surface area contributed by atoms with Crippen molar-refractivity contribution in [3.05, 3.63) is 48.3 Å². The molecule has 0 radical (unpaired) electrons. The van der Waals surface area contributed by atoms with Crippen LogP contribution in [0, 0.1) is 5.41 Å². The molecule has 2 saturated heterocycles. The molecule has 1 spiro atoms. The van der Waals surface area contributed by atoms with Crippen LogP contribution in [0.15, 0.2) is 42.7 Å². The maximum atomic E-state index is 5.61. The highest BCUT2D eigenvalue weighted by Crippen LogP contribution is 2.37. The number of likely N-dealkylation sites (tertiary alicyclic amines) is 1. The molecule has 1 aromatic heterocycles. The first-order valence-corrected chi connectivity index (χ1v) is 8.78. The van der Waals surface area contributed by atoms with E-state index in [1.165, 1.54) is 55.7 Å². The molecular formula is C20H26ClN3O. The van der Waals surface area contributed by atoms with E-state index in [0.29, 0.717) is 5.41 Å². The predicted octanol–water partition coefficient (Wildman–Crippen LogP) is 3.36. The summed E-state index contributed by atoms with van der Waals surface area (Å²) in [7, 11) is 1.76. The van der Waals surface area contributed by atoms with Crippen LogP contribution in [0.1, 0.15) is 18.4 Å². The highest BCUT2D eigenvalue weighted by molar-refractivity contribution is 5.85. The van der Waals surface area contributed by atoms with Crippen LogP contribution in [-0.4, -0.2) is 43.2 Å². The molecule has 2 aliphatic heterocycles. The minimum absolute atomic E-state index is 0. The van der Waals surface area contributed by atoms with Crippen LogP contribution in [0.5, 0.6) is 5.75 Å². The molecule has 0 saturated carbocycles. The molecular weight excluding hydrogens is 334 g/mol. The maximum Gasteiger partial charge on any atom is 0.123 e. The summed E-state index contributed by atoms with van der Waals surface area (Å²) in [5.41, 5.74) is 4.21. The second-order valence-corrected chi connectivity index (χ2v) is 7.15. The minimum Gasteiger partial charge on any atom is -0.496 e. The number of hydrogen-bond donors (Lipinski definition) is 1. The molecule has 5 heteroatoms. The van der Waals surface area contributed by atoms with E-state index in [1.807, 2.05) is 12.4 Å². The van der Waals surface area contributed by atoms with Crippen molar-refractivity contribution in [3.8, 4) is 16.9 Å². The van der Waals surface area contributed by atoms with Gasteiger partial charge in [0, 0.05) is 37.6 Å². The summed E-state index contributed by atoms with van der Waals surface area (Å²) in [5, 5.41) is 3.54. The number of benzene rings is 1. The summed E-state index contributed by atoms with van der Waals surface area (Å²) in [6.45, 7) is 5.70. The van der Waals surface area contributed by atoms with Crippen molar-refractivity contribution in [1.29, 1.82) is 0 Å². The molecule has 1 atom stereocenters. The SMILES string of the molecule is COc1ccc(-c2ccncc2)cc1CN1CCC2(CCNC2)C1.Cl. The molecule has 1 aromatic carbocycles. The van der Waals surface area contributed by atoms with Gasteiger partial charge >= 0.3 is 0 Å². The summed E-state index contributed by atoms with van der Waals surface area (Å²) >= 11 is 0. The Labute approximate surface area is 156 Å². The summed E-state index contributed by atoms with van der Waals surface area (Å²) in [6, 6.07) is 10.6. The molecule has 3 heterocycles. The number of ether oxygens (including phenoxy) is 1. The van der Waals surface area contributed by atoms with E-state index in [-0.39, 0.29) is 12.4 Å². The normalized spacial score (nSPS) is 22.9. The zero-order valence-electron chi connectivity index (χ0n) is 14.7. The zero-order chi connectivity index (χ0) is 16.4. The smallest absolute Gasteiger partial charge is 0.123 e. The van der Waals surface area contributed by atoms with E-state index in [9.17, 15) is 0 Å².